The summed E-state index contributed by atoms with van der Waals surface area (Å²) in [5.41, 5.74) is 1.57. The number of halogens is 2. The summed E-state index contributed by atoms with van der Waals surface area (Å²) in [6, 6.07) is 5.52. The number of hydrogen-bond acceptors (Lipinski definition) is 3. The Balaban J connectivity index is 2.39. The van der Waals surface area contributed by atoms with E-state index in [1.54, 1.807) is 16.9 Å². The molecule has 16 heavy (non-hydrogen) atoms. The number of hydrogen-bond donors (Lipinski definition) is 1. The molecule has 0 unspecified atom stereocenters. The van der Waals surface area contributed by atoms with Gasteiger partial charge >= 0.3 is 0 Å². The standard InChI is InChI=1S/C10H9BrClN3O/c11-10-8(12)2-1-3-9(10)15-6-7(4-5-16)13-14-15/h1-3,6,16H,4-5H2. The van der Waals surface area contributed by atoms with Crippen LogP contribution < -0.4 is 0 Å². The molecule has 6 heteroatoms. The Hall–Kier alpha value is -0.910. The van der Waals surface area contributed by atoms with Gasteiger partial charge in [-0.1, -0.05) is 22.9 Å². The second-order valence-corrected chi connectivity index (χ2v) is 4.40. The van der Waals surface area contributed by atoms with Crippen LogP contribution in [0.1, 0.15) is 5.69 Å². The maximum Gasteiger partial charge on any atom is 0.0854 e. The molecule has 0 radical (unpaired) electrons. The first-order valence-electron chi connectivity index (χ1n) is 4.69. The molecule has 0 aliphatic rings. The fourth-order valence-electron chi connectivity index (χ4n) is 1.31. The van der Waals surface area contributed by atoms with Crippen LogP contribution in [-0.4, -0.2) is 26.7 Å². The van der Waals surface area contributed by atoms with Gasteiger partial charge in [-0.2, -0.15) is 0 Å². The summed E-state index contributed by atoms with van der Waals surface area (Å²) < 4.78 is 2.40. The third-order valence-corrected chi connectivity index (χ3v) is 3.46. The van der Waals surface area contributed by atoms with Crippen molar-refractivity contribution in [2.45, 2.75) is 6.42 Å². The minimum absolute atomic E-state index is 0.0649. The Bertz CT molecular complexity index is 501. The largest absolute Gasteiger partial charge is 0.396 e. The number of benzene rings is 1. The Kier molecular flexibility index (Phi) is 3.58. The third kappa shape index (κ3) is 2.26. The number of aromatic nitrogens is 3. The highest BCUT2D eigenvalue weighted by atomic mass is 79.9. The molecular formula is C10H9BrClN3O. The molecule has 0 saturated heterocycles. The zero-order chi connectivity index (χ0) is 11.5. The van der Waals surface area contributed by atoms with Gasteiger partial charge in [-0.25, -0.2) is 4.68 Å². The zero-order valence-electron chi connectivity index (χ0n) is 8.27. The number of rotatable bonds is 3. The molecule has 0 spiro atoms. The molecule has 1 heterocycles. The Labute approximate surface area is 106 Å². The first-order valence-corrected chi connectivity index (χ1v) is 5.86. The fraction of sp³-hybridized carbons (Fsp3) is 0.200. The molecule has 4 nitrogen and oxygen atoms in total. The molecule has 0 bridgehead atoms. The lowest BCUT2D eigenvalue weighted by molar-refractivity contribution is 0.298. The van der Waals surface area contributed by atoms with E-state index in [4.69, 9.17) is 16.7 Å². The fourth-order valence-corrected chi connectivity index (χ4v) is 1.93. The molecule has 2 aromatic rings. The van der Waals surface area contributed by atoms with E-state index >= 15 is 0 Å². The number of aliphatic hydroxyl groups is 1. The smallest absolute Gasteiger partial charge is 0.0854 e. The predicted molar refractivity (Wildman–Crippen MR) is 64.9 cm³/mol. The lowest BCUT2D eigenvalue weighted by Crippen LogP contribution is -1.96. The molecule has 2 rings (SSSR count). The van der Waals surface area contributed by atoms with Crippen molar-refractivity contribution in [1.82, 2.24) is 15.0 Å². The van der Waals surface area contributed by atoms with E-state index < -0.39 is 0 Å². The average molecular weight is 303 g/mol. The van der Waals surface area contributed by atoms with Gasteiger partial charge in [-0.15, -0.1) is 5.10 Å². The highest BCUT2D eigenvalue weighted by Gasteiger charge is 2.08. The Morgan fingerprint density at radius 1 is 1.44 bits per heavy atom. The Morgan fingerprint density at radius 3 is 3.00 bits per heavy atom. The molecule has 1 aromatic carbocycles. The van der Waals surface area contributed by atoms with Crippen molar-refractivity contribution in [3.63, 3.8) is 0 Å². The summed E-state index contributed by atoms with van der Waals surface area (Å²) in [6.07, 6.45) is 2.27. The van der Waals surface area contributed by atoms with Gasteiger partial charge in [-0.3, -0.25) is 0 Å². The van der Waals surface area contributed by atoms with Gasteiger partial charge in [0.2, 0.25) is 0 Å². The van der Waals surface area contributed by atoms with Crippen molar-refractivity contribution in [1.29, 1.82) is 0 Å². The molecular weight excluding hydrogens is 293 g/mol. The second-order valence-electron chi connectivity index (χ2n) is 3.20. The summed E-state index contributed by atoms with van der Waals surface area (Å²) in [4.78, 5) is 0. The lowest BCUT2D eigenvalue weighted by Gasteiger charge is -2.04. The molecule has 0 saturated carbocycles. The van der Waals surface area contributed by atoms with Gasteiger partial charge in [0.05, 0.1) is 27.1 Å². The maximum atomic E-state index is 8.79. The zero-order valence-corrected chi connectivity index (χ0v) is 10.6. The van der Waals surface area contributed by atoms with E-state index in [2.05, 4.69) is 26.2 Å². The molecule has 0 aliphatic carbocycles. The molecule has 0 atom stereocenters. The minimum atomic E-state index is 0.0649. The van der Waals surface area contributed by atoms with Gasteiger partial charge in [0, 0.05) is 13.0 Å². The van der Waals surface area contributed by atoms with Crippen molar-refractivity contribution >= 4 is 27.5 Å². The molecule has 1 aromatic heterocycles. The van der Waals surface area contributed by atoms with Crippen molar-refractivity contribution < 1.29 is 5.11 Å². The topological polar surface area (TPSA) is 50.9 Å². The molecule has 0 aliphatic heterocycles. The van der Waals surface area contributed by atoms with E-state index in [1.807, 2.05) is 12.1 Å². The van der Waals surface area contributed by atoms with Crippen molar-refractivity contribution in [2.75, 3.05) is 6.61 Å². The van der Waals surface area contributed by atoms with E-state index in [0.717, 1.165) is 15.9 Å². The van der Waals surface area contributed by atoms with E-state index in [-0.39, 0.29) is 6.61 Å². The summed E-state index contributed by atoms with van der Waals surface area (Å²) in [5.74, 6) is 0. The van der Waals surface area contributed by atoms with Crippen LogP contribution in [0.25, 0.3) is 5.69 Å². The maximum absolute atomic E-state index is 8.79. The van der Waals surface area contributed by atoms with E-state index in [0.29, 0.717) is 11.4 Å². The van der Waals surface area contributed by atoms with E-state index in [1.165, 1.54) is 0 Å². The van der Waals surface area contributed by atoms with Crippen LogP contribution in [0.4, 0.5) is 0 Å². The molecule has 0 amide bonds. The quantitative estimate of drug-likeness (QED) is 0.946. The van der Waals surface area contributed by atoms with Gasteiger partial charge < -0.3 is 5.11 Å². The first kappa shape index (κ1) is 11.6. The van der Waals surface area contributed by atoms with Crippen molar-refractivity contribution in [3.8, 4) is 5.69 Å². The lowest BCUT2D eigenvalue weighted by atomic mass is 10.3. The predicted octanol–water partition coefficient (Wildman–Crippen LogP) is 2.22. The van der Waals surface area contributed by atoms with Crippen LogP contribution in [0.3, 0.4) is 0 Å². The summed E-state index contributed by atoms with van der Waals surface area (Å²) in [7, 11) is 0. The summed E-state index contributed by atoms with van der Waals surface area (Å²) in [6.45, 7) is 0.0649. The van der Waals surface area contributed by atoms with Crippen LogP contribution in [0, 0.1) is 0 Å². The van der Waals surface area contributed by atoms with Crippen LogP contribution in [0.15, 0.2) is 28.9 Å². The number of nitrogens with zero attached hydrogens (tertiary/aromatic N) is 3. The summed E-state index contributed by atoms with van der Waals surface area (Å²) >= 11 is 9.38. The monoisotopic (exact) mass is 301 g/mol. The normalized spacial score (nSPS) is 10.7. The van der Waals surface area contributed by atoms with Crippen molar-refractivity contribution in [2.24, 2.45) is 0 Å². The molecule has 1 N–H and O–H groups in total. The van der Waals surface area contributed by atoms with Gasteiger partial charge in [0.25, 0.3) is 0 Å². The Morgan fingerprint density at radius 2 is 2.25 bits per heavy atom. The average Bonchev–Trinajstić information content (AvgIpc) is 2.71. The number of aliphatic hydroxyl groups excluding tert-OH is 1. The van der Waals surface area contributed by atoms with Crippen LogP contribution in [0.5, 0.6) is 0 Å². The van der Waals surface area contributed by atoms with Gasteiger partial charge in [0.1, 0.15) is 0 Å². The van der Waals surface area contributed by atoms with Gasteiger partial charge in [-0.05, 0) is 28.1 Å². The third-order valence-electron chi connectivity index (χ3n) is 2.09. The summed E-state index contributed by atoms with van der Waals surface area (Å²) in [5, 5.41) is 17.3. The first-order chi connectivity index (χ1) is 7.72. The second kappa shape index (κ2) is 4.95. The molecule has 0 fully saturated rings. The highest BCUT2D eigenvalue weighted by Crippen LogP contribution is 2.28. The minimum Gasteiger partial charge on any atom is -0.396 e. The van der Waals surface area contributed by atoms with Crippen molar-refractivity contribution in [3.05, 3.63) is 39.6 Å². The van der Waals surface area contributed by atoms with Crippen LogP contribution in [0.2, 0.25) is 5.02 Å². The highest BCUT2D eigenvalue weighted by molar-refractivity contribution is 9.10. The van der Waals surface area contributed by atoms with E-state index in [9.17, 15) is 0 Å². The van der Waals surface area contributed by atoms with Gasteiger partial charge in [0.15, 0.2) is 0 Å². The van der Waals surface area contributed by atoms with Crippen LogP contribution in [-0.2, 0) is 6.42 Å². The molecule has 84 valence electrons. The SMILES string of the molecule is OCCc1cn(-c2cccc(Cl)c2Br)nn1. The van der Waals surface area contributed by atoms with Crippen LogP contribution >= 0.6 is 27.5 Å².